The molecule has 120 valence electrons. The average Bonchev–Trinajstić information content (AvgIpc) is 2.61. The number of aromatic nitrogens is 1. The van der Waals surface area contributed by atoms with Crippen LogP contribution in [0.3, 0.4) is 0 Å². The van der Waals surface area contributed by atoms with Gasteiger partial charge in [0.2, 0.25) is 0 Å². The fourth-order valence-electron chi connectivity index (χ4n) is 3.05. The summed E-state index contributed by atoms with van der Waals surface area (Å²) in [7, 11) is 0. The number of hydrogen-bond donors (Lipinski definition) is 1. The van der Waals surface area contributed by atoms with Gasteiger partial charge >= 0.3 is 0 Å². The highest BCUT2D eigenvalue weighted by Gasteiger charge is 2.24. The number of carbonyl (C=O) groups excluding carboxylic acids is 1. The third kappa shape index (κ3) is 2.76. The van der Waals surface area contributed by atoms with E-state index in [9.17, 15) is 4.79 Å². The molecular weight excluding hydrogens is 368 g/mol. The van der Waals surface area contributed by atoms with E-state index in [0.717, 1.165) is 33.0 Å². The van der Waals surface area contributed by atoms with Crippen molar-refractivity contribution < 1.29 is 9.53 Å². The van der Waals surface area contributed by atoms with Gasteiger partial charge in [0.15, 0.2) is 0 Å². The summed E-state index contributed by atoms with van der Waals surface area (Å²) in [4.78, 5) is 17.0. The monoisotopic (exact) mass is 382 g/mol. The van der Waals surface area contributed by atoms with E-state index in [4.69, 9.17) is 4.74 Å². The van der Waals surface area contributed by atoms with Gasteiger partial charge in [0, 0.05) is 34.2 Å². The van der Waals surface area contributed by atoms with Gasteiger partial charge in [-0.3, -0.25) is 9.78 Å². The number of rotatable bonds is 2. The Bertz CT molecular complexity index is 921. The van der Waals surface area contributed by atoms with E-state index >= 15 is 0 Å². The first kappa shape index (κ1) is 15.1. The number of fused-ring (bicyclic) bond motifs is 2. The Hall–Kier alpha value is -2.40. The molecule has 24 heavy (non-hydrogen) atoms. The third-order valence-corrected chi connectivity index (χ3v) is 4.72. The van der Waals surface area contributed by atoms with Crippen LogP contribution in [0.15, 0.2) is 59.3 Å². The Balaban J connectivity index is 1.67. The van der Waals surface area contributed by atoms with Crippen LogP contribution in [0.4, 0.5) is 0 Å². The molecule has 0 spiro atoms. The highest BCUT2D eigenvalue weighted by molar-refractivity contribution is 9.10. The van der Waals surface area contributed by atoms with Crippen molar-refractivity contribution in [2.75, 3.05) is 6.61 Å². The van der Waals surface area contributed by atoms with Gasteiger partial charge in [-0.25, -0.2) is 0 Å². The van der Waals surface area contributed by atoms with Gasteiger partial charge in [-0.2, -0.15) is 0 Å². The Morgan fingerprint density at radius 1 is 1.21 bits per heavy atom. The van der Waals surface area contributed by atoms with Gasteiger partial charge < -0.3 is 10.1 Å². The second kappa shape index (κ2) is 6.24. The van der Waals surface area contributed by atoms with Crippen LogP contribution in [0.5, 0.6) is 5.75 Å². The predicted molar refractivity (Wildman–Crippen MR) is 96.2 cm³/mol. The molecule has 1 aromatic heterocycles. The molecule has 2 aromatic carbocycles. The van der Waals surface area contributed by atoms with Crippen molar-refractivity contribution in [2.24, 2.45) is 0 Å². The molecule has 1 amide bonds. The lowest BCUT2D eigenvalue weighted by atomic mass is 9.99. The second-order valence-electron chi connectivity index (χ2n) is 5.75. The smallest absolute Gasteiger partial charge is 0.253 e. The molecule has 4 rings (SSSR count). The normalized spacial score (nSPS) is 16.3. The molecule has 1 atom stereocenters. The van der Waals surface area contributed by atoms with Crippen molar-refractivity contribution in [1.29, 1.82) is 0 Å². The first-order valence-electron chi connectivity index (χ1n) is 7.78. The molecule has 0 bridgehead atoms. The van der Waals surface area contributed by atoms with Crippen molar-refractivity contribution in [1.82, 2.24) is 10.3 Å². The van der Waals surface area contributed by atoms with E-state index in [-0.39, 0.29) is 11.9 Å². The van der Waals surface area contributed by atoms with Crippen molar-refractivity contribution in [2.45, 2.75) is 12.5 Å². The molecule has 0 saturated carbocycles. The minimum atomic E-state index is -0.114. The fraction of sp³-hybridized carbons (Fsp3) is 0.158. The molecular formula is C19H15BrN2O2. The zero-order chi connectivity index (χ0) is 16.5. The second-order valence-corrected chi connectivity index (χ2v) is 6.67. The number of pyridine rings is 1. The maximum atomic E-state index is 12.8. The van der Waals surface area contributed by atoms with E-state index in [1.54, 1.807) is 12.4 Å². The van der Waals surface area contributed by atoms with Crippen LogP contribution < -0.4 is 10.1 Å². The lowest BCUT2D eigenvalue weighted by molar-refractivity contribution is 0.0926. The van der Waals surface area contributed by atoms with Crippen LogP contribution in [0, 0.1) is 0 Å². The van der Waals surface area contributed by atoms with Gasteiger partial charge in [-0.1, -0.05) is 40.2 Å². The van der Waals surface area contributed by atoms with Crippen LogP contribution >= 0.6 is 15.9 Å². The highest BCUT2D eigenvalue weighted by Crippen LogP contribution is 2.34. The molecule has 1 N–H and O–H groups in total. The summed E-state index contributed by atoms with van der Waals surface area (Å²) < 4.78 is 6.65. The van der Waals surface area contributed by atoms with Crippen molar-refractivity contribution in [3.8, 4) is 5.75 Å². The Labute approximate surface area is 148 Å². The number of halogens is 1. The number of carbonyl (C=O) groups is 1. The van der Waals surface area contributed by atoms with Crippen molar-refractivity contribution >= 4 is 32.6 Å². The molecule has 2 heterocycles. The molecule has 0 fully saturated rings. The summed E-state index contributed by atoms with van der Waals surface area (Å²) in [5.74, 6) is 0.711. The molecule has 0 aliphatic carbocycles. The summed E-state index contributed by atoms with van der Waals surface area (Å²) in [5.41, 5.74) is 1.59. The van der Waals surface area contributed by atoms with Crippen LogP contribution in [-0.2, 0) is 0 Å². The van der Waals surface area contributed by atoms with Crippen LogP contribution in [0.2, 0.25) is 0 Å². The number of hydrogen-bond acceptors (Lipinski definition) is 3. The molecule has 1 aliphatic heterocycles. The number of benzene rings is 2. The SMILES string of the molecule is O=C(NC1CCOc2ccc(Br)cc21)c1cncc2ccccc12. The standard InChI is InChI=1S/C19H15BrN2O2/c20-13-5-6-18-15(9-13)17(7-8-24-18)22-19(23)16-11-21-10-12-3-1-2-4-14(12)16/h1-6,9-11,17H,7-8H2,(H,22,23). The Kier molecular flexibility index (Phi) is 3.94. The summed E-state index contributed by atoms with van der Waals surface area (Å²) >= 11 is 3.48. The minimum Gasteiger partial charge on any atom is -0.493 e. The van der Waals surface area contributed by atoms with Gasteiger partial charge in [0.25, 0.3) is 5.91 Å². The summed E-state index contributed by atoms with van der Waals surface area (Å²) in [5, 5.41) is 5.00. The Morgan fingerprint density at radius 2 is 2.08 bits per heavy atom. The lowest BCUT2D eigenvalue weighted by Gasteiger charge is -2.27. The lowest BCUT2D eigenvalue weighted by Crippen LogP contribution is -2.32. The maximum Gasteiger partial charge on any atom is 0.253 e. The minimum absolute atomic E-state index is 0.0716. The van der Waals surface area contributed by atoms with E-state index in [2.05, 4.69) is 26.2 Å². The number of nitrogens with zero attached hydrogens (tertiary/aromatic N) is 1. The van der Waals surface area contributed by atoms with Crippen molar-refractivity contribution in [3.63, 3.8) is 0 Å². The van der Waals surface area contributed by atoms with E-state index in [1.807, 2.05) is 42.5 Å². The topological polar surface area (TPSA) is 51.2 Å². The number of ether oxygens (including phenoxy) is 1. The van der Waals surface area contributed by atoms with Gasteiger partial charge in [-0.15, -0.1) is 0 Å². The quantitative estimate of drug-likeness (QED) is 0.720. The predicted octanol–water partition coefficient (Wildman–Crippen LogP) is 4.25. The first-order chi connectivity index (χ1) is 11.7. The van der Waals surface area contributed by atoms with E-state index in [1.165, 1.54) is 0 Å². The molecule has 1 unspecified atom stereocenters. The summed E-state index contributed by atoms with van der Waals surface area (Å²) in [6.07, 6.45) is 4.14. The maximum absolute atomic E-state index is 12.8. The summed E-state index contributed by atoms with van der Waals surface area (Å²) in [6, 6.07) is 13.6. The average molecular weight is 383 g/mol. The van der Waals surface area contributed by atoms with Gasteiger partial charge in [0.05, 0.1) is 18.2 Å². The van der Waals surface area contributed by atoms with Gasteiger partial charge in [0.1, 0.15) is 5.75 Å². The molecule has 1 aliphatic rings. The Morgan fingerprint density at radius 3 is 3.00 bits per heavy atom. The number of amides is 1. The molecule has 3 aromatic rings. The third-order valence-electron chi connectivity index (χ3n) is 4.23. The largest absolute Gasteiger partial charge is 0.493 e. The van der Waals surface area contributed by atoms with Crippen LogP contribution in [0.25, 0.3) is 10.8 Å². The molecule has 4 nitrogen and oxygen atoms in total. The summed E-state index contributed by atoms with van der Waals surface area (Å²) in [6.45, 7) is 0.591. The zero-order valence-electron chi connectivity index (χ0n) is 12.8. The zero-order valence-corrected chi connectivity index (χ0v) is 14.4. The van der Waals surface area contributed by atoms with E-state index in [0.29, 0.717) is 12.2 Å². The highest BCUT2D eigenvalue weighted by atomic mass is 79.9. The van der Waals surface area contributed by atoms with Gasteiger partial charge in [-0.05, 0) is 23.6 Å². The molecule has 0 saturated heterocycles. The van der Waals surface area contributed by atoms with E-state index < -0.39 is 0 Å². The van der Waals surface area contributed by atoms with Crippen molar-refractivity contribution in [3.05, 3.63) is 70.5 Å². The van der Waals surface area contributed by atoms with Crippen LogP contribution in [0.1, 0.15) is 28.4 Å². The fourth-order valence-corrected chi connectivity index (χ4v) is 3.43. The first-order valence-corrected chi connectivity index (χ1v) is 8.57. The van der Waals surface area contributed by atoms with Crippen LogP contribution in [-0.4, -0.2) is 17.5 Å². The molecule has 0 radical (unpaired) electrons. The molecule has 5 heteroatoms. The number of nitrogens with one attached hydrogen (secondary N) is 1.